The maximum Gasteiger partial charge on any atom is 0.417 e. The monoisotopic (exact) mass is 578 g/mol. The van der Waals surface area contributed by atoms with E-state index in [4.69, 9.17) is 11.6 Å². The van der Waals surface area contributed by atoms with Gasteiger partial charge in [0.1, 0.15) is 0 Å². The number of hydrogen-bond acceptors (Lipinski definition) is 4. The summed E-state index contributed by atoms with van der Waals surface area (Å²) < 4.78 is 65.3. The van der Waals surface area contributed by atoms with Crippen molar-refractivity contribution in [2.45, 2.75) is 36.8 Å². The van der Waals surface area contributed by atoms with Crippen LogP contribution in [0, 0.1) is 5.92 Å². The van der Waals surface area contributed by atoms with Gasteiger partial charge in [0, 0.05) is 34.7 Å². The Bertz CT molecular complexity index is 1280. The van der Waals surface area contributed by atoms with Crippen molar-refractivity contribution in [1.82, 2.24) is 0 Å². The number of anilines is 2. The Morgan fingerprint density at radius 1 is 1.18 bits per heavy atom. The van der Waals surface area contributed by atoms with Crippen LogP contribution in [-0.4, -0.2) is 32.5 Å². The molecular weight excluding hydrogens is 561 g/mol. The summed E-state index contributed by atoms with van der Waals surface area (Å²) >= 11 is 8.85. The van der Waals surface area contributed by atoms with Crippen LogP contribution in [0.3, 0.4) is 0 Å². The molecule has 0 spiro atoms. The highest BCUT2D eigenvalue weighted by Crippen LogP contribution is 2.40. The van der Waals surface area contributed by atoms with Crippen molar-refractivity contribution in [2.24, 2.45) is 5.92 Å². The van der Waals surface area contributed by atoms with Gasteiger partial charge >= 0.3 is 6.18 Å². The smallest absolute Gasteiger partial charge is 0.326 e. The highest BCUT2D eigenvalue weighted by atomic mass is 79.9. The molecule has 0 saturated heterocycles. The van der Waals surface area contributed by atoms with Crippen LogP contribution in [0.1, 0.15) is 30.4 Å². The van der Waals surface area contributed by atoms with Crippen LogP contribution in [0.2, 0.25) is 5.02 Å². The molecule has 2 aliphatic rings. The minimum absolute atomic E-state index is 0.00927. The molecule has 1 N–H and O–H groups in total. The minimum atomic E-state index is -4.70. The quantitative estimate of drug-likeness (QED) is 0.509. The molecule has 4 rings (SSSR count). The van der Waals surface area contributed by atoms with E-state index >= 15 is 0 Å². The first-order chi connectivity index (χ1) is 15.9. The van der Waals surface area contributed by atoms with Gasteiger partial charge in [-0.25, -0.2) is 8.42 Å². The Labute approximate surface area is 207 Å². The SMILES string of the molecule is O=C(CCS(=O)(=O)c1cc2c(cc1Br)CCN2C(=O)C1CC1)Nc1ccc(Cl)c(C(F)(F)F)c1. The molecule has 1 aliphatic heterocycles. The summed E-state index contributed by atoms with van der Waals surface area (Å²) in [5.41, 5.74) is 0.170. The first-order valence-corrected chi connectivity index (χ1v) is 13.2. The first-order valence-electron chi connectivity index (χ1n) is 10.4. The summed E-state index contributed by atoms with van der Waals surface area (Å²) in [7, 11) is -3.94. The van der Waals surface area contributed by atoms with Crippen molar-refractivity contribution in [3.8, 4) is 0 Å². The molecule has 2 aromatic carbocycles. The second-order valence-electron chi connectivity index (χ2n) is 8.23. The van der Waals surface area contributed by atoms with Gasteiger partial charge in [0.2, 0.25) is 11.8 Å². The molecule has 34 heavy (non-hydrogen) atoms. The van der Waals surface area contributed by atoms with Crippen LogP contribution < -0.4 is 10.2 Å². The van der Waals surface area contributed by atoms with Crippen LogP contribution in [0.5, 0.6) is 0 Å². The maximum absolute atomic E-state index is 13.0. The fourth-order valence-corrected chi connectivity index (χ4v) is 6.46. The number of hydrogen-bond donors (Lipinski definition) is 1. The van der Waals surface area contributed by atoms with Crippen molar-refractivity contribution in [3.05, 3.63) is 51.0 Å². The third-order valence-corrected chi connectivity index (χ3v) is 8.71. The molecule has 1 fully saturated rings. The summed E-state index contributed by atoms with van der Waals surface area (Å²) in [6, 6.07) is 6.03. The maximum atomic E-state index is 13.0. The van der Waals surface area contributed by atoms with Crippen LogP contribution in [-0.2, 0) is 32.0 Å². The van der Waals surface area contributed by atoms with E-state index in [1.165, 1.54) is 12.1 Å². The molecule has 0 unspecified atom stereocenters. The standard InChI is InChI=1S/C22H19BrClF3N2O4S/c23-16-9-13-5-7-29(21(31)12-1-2-12)18(13)11-19(16)34(32,33)8-6-20(30)28-14-3-4-17(24)15(10-14)22(25,26)27/h3-4,9-12H,1-2,5-8H2,(H,28,30). The second kappa shape index (κ2) is 9.16. The lowest BCUT2D eigenvalue weighted by Crippen LogP contribution is -2.30. The number of sulfone groups is 1. The van der Waals surface area contributed by atoms with Gasteiger partial charge in [-0.05, 0) is 71.1 Å². The lowest BCUT2D eigenvalue weighted by atomic mass is 10.2. The fraction of sp³-hybridized carbons (Fsp3) is 0.364. The van der Waals surface area contributed by atoms with E-state index in [1.807, 2.05) is 0 Å². The Kier molecular flexibility index (Phi) is 6.73. The molecule has 1 heterocycles. The number of amides is 2. The van der Waals surface area contributed by atoms with Crippen molar-refractivity contribution in [2.75, 3.05) is 22.5 Å². The van der Waals surface area contributed by atoms with Crippen molar-refractivity contribution >= 4 is 60.6 Å². The zero-order chi connectivity index (χ0) is 24.8. The van der Waals surface area contributed by atoms with Gasteiger partial charge < -0.3 is 10.2 Å². The largest absolute Gasteiger partial charge is 0.417 e. The van der Waals surface area contributed by atoms with Crippen molar-refractivity contribution in [3.63, 3.8) is 0 Å². The van der Waals surface area contributed by atoms with E-state index in [9.17, 15) is 31.2 Å². The molecule has 182 valence electrons. The highest BCUT2D eigenvalue weighted by Gasteiger charge is 2.37. The van der Waals surface area contributed by atoms with Crippen molar-refractivity contribution < 1.29 is 31.2 Å². The molecule has 1 saturated carbocycles. The summed E-state index contributed by atoms with van der Waals surface area (Å²) in [5.74, 6) is -1.34. The number of carbonyl (C=O) groups is 2. The number of benzene rings is 2. The fourth-order valence-electron chi connectivity index (χ4n) is 3.79. The number of alkyl halides is 3. The Morgan fingerprint density at radius 3 is 2.53 bits per heavy atom. The molecular formula is C22H19BrClF3N2O4S. The average molecular weight is 580 g/mol. The van der Waals surface area contributed by atoms with E-state index in [2.05, 4.69) is 21.2 Å². The molecule has 12 heteroatoms. The van der Waals surface area contributed by atoms with E-state index in [0.29, 0.717) is 29.2 Å². The molecule has 0 atom stereocenters. The number of nitrogens with zero attached hydrogens (tertiary/aromatic N) is 1. The molecule has 0 radical (unpaired) electrons. The third kappa shape index (κ3) is 5.26. The first kappa shape index (κ1) is 25.0. The van der Waals surface area contributed by atoms with E-state index in [1.54, 1.807) is 11.0 Å². The average Bonchev–Trinajstić information content (AvgIpc) is 3.52. The highest BCUT2D eigenvalue weighted by molar-refractivity contribution is 9.10. The lowest BCUT2D eigenvalue weighted by Gasteiger charge is -2.18. The van der Waals surface area contributed by atoms with Gasteiger partial charge in [0.25, 0.3) is 0 Å². The van der Waals surface area contributed by atoms with Crippen LogP contribution >= 0.6 is 27.5 Å². The molecule has 0 aromatic heterocycles. The number of carbonyl (C=O) groups excluding carboxylic acids is 2. The Balaban J connectivity index is 1.47. The second-order valence-corrected chi connectivity index (χ2v) is 11.6. The van der Waals surface area contributed by atoms with E-state index < -0.39 is 44.7 Å². The molecule has 1 aliphatic carbocycles. The predicted octanol–water partition coefficient (Wildman–Crippen LogP) is 5.22. The van der Waals surface area contributed by atoms with Gasteiger partial charge in [-0.3, -0.25) is 9.59 Å². The van der Waals surface area contributed by atoms with Crippen molar-refractivity contribution in [1.29, 1.82) is 0 Å². The van der Waals surface area contributed by atoms with Crippen LogP contribution in [0.15, 0.2) is 39.7 Å². The summed E-state index contributed by atoms with van der Waals surface area (Å²) in [4.78, 5) is 26.4. The topological polar surface area (TPSA) is 83.6 Å². The summed E-state index contributed by atoms with van der Waals surface area (Å²) in [5, 5.41) is 1.77. The molecule has 2 amide bonds. The van der Waals surface area contributed by atoms with E-state index in [0.717, 1.165) is 24.5 Å². The number of rotatable bonds is 6. The van der Waals surface area contributed by atoms with Crippen LogP contribution in [0.4, 0.5) is 24.5 Å². The van der Waals surface area contributed by atoms with Gasteiger partial charge in [-0.1, -0.05) is 11.6 Å². The molecule has 0 bridgehead atoms. The van der Waals surface area contributed by atoms with Crippen LogP contribution in [0.25, 0.3) is 0 Å². The Hall–Kier alpha value is -2.11. The predicted molar refractivity (Wildman–Crippen MR) is 125 cm³/mol. The number of halogens is 5. The normalized spacial score (nSPS) is 15.9. The minimum Gasteiger partial charge on any atom is -0.326 e. The summed E-state index contributed by atoms with van der Waals surface area (Å²) in [6.07, 6.45) is -2.88. The zero-order valence-corrected chi connectivity index (χ0v) is 20.7. The third-order valence-electron chi connectivity index (χ3n) is 5.71. The van der Waals surface area contributed by atoms with E-state index in [-0.39, 0.29) is 22.4 Å². The van der Waals surface area contributed by atoms with Gasteiger partial charge in [-0.15, -0.1) is 0 Å². The molecule has 6 nitrogen and oxygen atoms in total. The van der Waals surface area contributed by atoms with Gasteiger partial charge in [0.05, 0.1) is 21.2 Å². The summed E-state index contributed by atoms with van der Waals surface area (Å²) in [6.45, 7) is 0.490. The number of fused-ring (bicyclic) bond motifs is 1. The number of nitrogens with one attached hydrogen (secondary N) is 1. The lowest BCUT2D eigenvalue weighted by molar-refractivity contribution is -0.137. The molecule has 2 aromatic rings. The van der Waals surface area contributed by atoms with Gasteiger partial charge in [0.15, 0.2) is 9.84 Å². The zero-order valence-electron chi connectivity index (χ0n) is 17.6. The van der Waals surface area contributed by atoms with Gasteiger partial charge in [-0.2, -0.15) is 13.2 Å². The Morgan fingerprint density at radius 2 is 1.88 bits per heavy atom.